The largest absolute Gasteiger partial charge is 0.481 e. The number of aliphatic carboxylic acids is 1. The summed E-state index contributed by atoms with van der Waals surface area (Å²) in [5.41, 5.74) is 0.639. The zero-order valence-electron chi connectivity index (χ0n) is 8.96. The van der Waals surface area contributed by atoms with Crippen LogP contribution in [0.3, 0.4) is 0 Å². The van der Waals surface area contributed by atoms with Crippen LogP contribution in [-0.2, 0) is 9.59 Å². The van der Waals surface area contributed by atoms with Crippen molar-refractivity contribution in [2.45, 2.75) is 12.3 Å². The first kappa shape index (κ1) is 13.3. The molecule has 0 aliphatic carbocycles. The van der Waals surface area contributed by atoms with Crippen molar-refractivity contribution in [3.05, 3.63) is 28.2 Å². The van der Waals surface area contributed by atoms with Crippen LogP contribution >= 0.6 is 35.6 Å². The van der Waals surface area contributed by atoms with Gasteiger partial charge in [-0.3, -0.25) is 9.59 Å². The Morgan fingerprint density at radius 3 is 2.83 bits per heavy atom. The molecule has 0 bridgehead atoms. The second kappa shape index (κ2) is 5.26. The second-order valence-electron chi connectivity index (χ2n) is 3.65. The minimum Gasteiger partial charge on any atom is -0.481 e. The van der Waals surface area contributed by atoms with Gasteiger partial charge in [-0.25, -0.2) is 4.98 Å². The number of carboxylic acid groups (broad SMARTS) is 1. The lowest BCUT2D eigenvalue weighted by molar-refractivity contribution is -0.139. The van der Waals surface area contributed by atoms with E-state index in [9.17, 15) is 9.59 Å². The molecule has 1 aromatic carbocycles. The molecule has 1 aromatic heterocycles. The molecule has 94 valence electrons. The number of hydrogen-bond donors (Lipinski definition) is 2. The Morgan fingerprint density at radius 1 is 1.50 bits per heavy atom. The number of benzene rings is 1. The lowest BCUT2D eigenvalue weighted by atomic mass is 10.1. The van der Waals surface area contributed by atoms with Gasteiger partial charge in [-0.05, 0) is 18.2 Å². The van der Waals surface area contributed by atoms with Gasteiger partial charge < -0.3 is 5.11 Å². The number of fused-ring (bicyclic) bond motifs is 1. The van der Waals surface area contributed by atoms with Crippen molar-refractivity contribution in [1.82, 2.24) is 4.98 Å². The van der Waals surface area contributed by atoms with E-state index in [2.05, 4.69) is 17.6 Å². The number of carbonyl (C=O) groups excluding carboxylic acids is 1. The zero-order chi connectivity index (χ0) is 13.3. The topological polar surface area (TPSA) is 67.3 Å². The lowest BCUT2D eigenvalue weighted by Crippen LogP contribution is -2.13. The molecule has 2 rings (SSSR count). The van der Waals surface area contributed by atoms with Gasteiger partial charge in [0.1, 0.15) is 10.9 Å². The Labute approximate surface area is 117 Å². The highest BCUT2D eigenvalue weighted by Gasteiger charge is 2.25. The van der Waals surface area contributed by atoms with Crippen LogP contribution in [0, 0.1) is 0 Å². The normalized spacial score (nSPS) is 12.6. The van der Waals surface area contributed by atoms with E-state index in [0.717, 1.165) is 4.70 Å². The fourth-order valence-electron chi connectivity index (χ4n) is 1.52. The molecule has 1 heterocycles. The Kier molecular flexibility index (Phi) is 3.89. The van der Waals surface area contributed by atoms with E-state index >= 15 is 0 Å². The van der Waals surface area contributed by atoms with Crippen LogP contribution in [0.2, 0.25) is 5.02 Å². The van der Waals surface area contributed by atoms with Crippen molar-refractivity contribution in [3.8, 4) is 0 Å². The minimum atomic E-state index is -1.08. The van der Waals surface area contributed by atoms with Gasteiger partial charge in [0.25, 0.3) is 0 Å². The summed E-state index contributed by atoms with van der Waals surface area (Å²) in [6.45, 7) is 0. The van der Waals surface area contributed by atoms with Gasteiger partial charge in [0.05, 0.1) is 10.2 Å². The summed E-state index contributed by atoms with van der Waals surface area (Å²) in [5, 5.41) is 9.57. The number of aromatic nitrogens is 1. The number of hydrogen-bond acceptors (Lipinski definition) is 4. The van der Waals surface area contributed by atoms with Gasteiger partial charge in [-0.1, -0.05) is 11.6 Å². The summed E-state index contributed by atoms with van der Waals surface area (Å²) in [5.74, 6) is -2.03. The molecule has 18 heavy (non-hydrogen) atoms. The monoisotopic (exact) mass is 301 g/mol. The first-order valence-corrected chi connectivity index (χ1v) is 6.62. The third kappa shape index (κ3) is 2.82. The van der Waals surface area contributed by atoms with Crippen LogP contribution in [0.15, 0.2) is 18.2 Å². The van der Waals surface area contributed by atoms with E-state index in [0.29, 0.717) is 15.5 Å². The van der Waals surface area contributed by atoms with E-state index in [4.69, 9.17) is 16.7 Å². The van der Waals surface area contributed by atoms with Crippen LogP contribution in [0.5, 0.6) is 0 Å². The number of nitrogens with zero attached hydrogens (tertiary/aromatic N) is 1. The molecule has 1 atom stereocenters. The molecule has 2 aromatic rings. The van der Waals surface area contributed by atoms with Gasteiger partial charge >= 0.3 is 5.97 Å². The van der Waals surface area contributed by atoms with E-state index < -0.39 is 17.0 Å². The Hall–Kier alpha value is -1.11. The van der Waals surface area contributed by atoms with Crippen LogP contribution in [0.25, 0.3) is 10.2 Å². The van der Waals surface area contributed by atoms with Gasteiger partial charge in [-0.15, -0.1) is 24.0 Å². The minimum absolute atomic E-state index is 0.175. The predicted molar refractivity (Wildman–Crippen MR) is 73.6 cm³/mol. The van der Waals surface area contributed by atoms with Crippen molar-refractivity contribution in [3.63, 3.8) is 0 Å². The molecule has 0 fully saturated rings. The van der Waals surface area contributed by atoms with Crippen LogP contribution in [0.1, 0.15) is 17.3 Å². The second-order valence-corrected chi connectivity index (χ2v) is 5.65. The van der Waals surface area contributed by atoms with Crippen LogP contribution in [-0.4, -0.2) is 21.2 Å². The van der Waals surface area contributed by atoms with Crippen LogP contribution in [0.4, 0.5) is 0 Å². The van der Waals surface area contributed by atoms with Gasteiger partial charge in [0, 0.05) is 11.4 Å². The van der Waals surface area contributed by atoms with Crippen LogP contribution < -0.4 is 0 Å². The predicted octanol–water partition coefficient (Wildman–Crippen LogP) is 2.96. The third-order valence-corrected chi connectivity index (χ3v) is 3.91. The maximum absolute atomic E-state index is 11.1. The highest BCUT2D eigenvalue weighted by molar-refractivity contribution is 7.96. The molecule has 0 amide bonds. The molecule has 0 saturated heterocycles. The van der Waals surface area contributed by atoms with Crippen molar-refractivity contribution in [2.24, 2.45) is 0 Å². The fourth-order valence-corrected chi connectivity index (χ4v) is 2.91. The summed E-state index contributed by atoms with van der Waals surface area (Å²) in [7, 11) is 0. The number of rotatable bonds is 4. The van der Waals surface area contributed by atoms with Gasteiger partial charge in [0.2, 0.25) is 0 Å². The highest BCUT2D eigenvalue weighted by atomic mass is 35.5. The number of thiol groups is 1. The number of carboxylic acids is 1. The average molecular weight is 302 g/mol. The maximum atomic E-state index is 11.1. The summed E-state index contributed by atoms with van der Waals surface area (Å²) in [6, 6.07) is 5.16. The van der Waals surface area contributed by atoms with Crippen molar-refractivity contribution < 1.29 is 14.7 Å². The van der Waals surface area contributed by atoms with Gasteiger partial charge in [0.15, 0.2) is 5.12 Å². The molecule has 7 heteroatoms. The fraction of sp³-hybridized carbons (Fsp3) is 0.182. The molecule has 1 N–H and O–H groups in total. The standard InChI is InChI=1S/C11H8ClNO3S2/c12-5-1-2-8-7(3-5)13-10(18-8)6(11(15)16)4-9(14)17/h1-3,6H,4H2,(H,14,17)(H,15,16). The first-order chi connectivity index (χ1) is 8.47. The molecule has 4 nitrogen and oxygen atoms in total. The highest BCUT2D eigenvalue weighted by Crippen LogP contribution is 2.31. The molecule has 0 radical (unpaired) electrons. The Balaban J connectivity index is 2.44. The average Bonchev–Trinajstić information content (AvgIpc) is 2.67. The molecule has 0 saturated carbocycles. The Morgan fingerprint density at radius 2 is 2.22 bits per heavy atom. The van der Waals surface area contributed by atoms with E-state index in [1.165, 1.54) is 11.3 Å². The molecule has 1 unspecified atom stereocenters. The quantitative estimate of drug-likeness (QED) is 0.852. The molecule has 0 aliphatic heterocycles. The van der Waals surface area contributed by atoms with E-state index in [1.807, 2.05) is 0 Å². The molecular weight excluding hydrogens is 294 g/mol. The SMILES string of the molecule is O=C(S)CC(C(=O)O)c1nc2cc(Cl)ccc2s1. The van der Waals surface area contributed by atoms with E-state index in [1.54, 1.807) is 18.2 Å². The number of halogens is 1. The first-order valence-electron chi connectivity index (χ1n) is 4.98. The number of thiazole rings is 1. The summed E-state index contributed by atoms with van der Waals surface area (Å²) < 4.78 is 0.840. The van der Waals surface area contributed by atoms with Gasteiger partial charge in [-0.2, -0.15) is 0 Å². The smallest absolute Gasteiger partial charge is 0.313 e. The summed E-state index contributed by atoms with van der Waals surface area (Å²) >= 11 is 10.7. The summed E-state index contributed by atoms with van der Waals surface area (Å²) in [4.78, 5) is 26.3. The molecule has 0 aliphatic rings. The third-order valence-electron chi connectivity index (χ3n) is 2.34. The molecular formula is C11H8ClNO3S2. The number of carbonyl (C=O) groups is 2. The Bertz CT molecular complexity index is 626. The summed E-state index contributed by atoms with van der Waals surface area (Å²) in [6.07, 6.45) is -0.175. The molecule has 0 spiro atoms. The van der Waals surface area contributed by atoms with Crippen molar-refractivity contribution >= 4 is 56.9 Å². The van der Waals surface area contributed by atoms with Crippen molar-refractivity contribution in [2.75, 3.05) is 0 Å². The van der Waals surface area contributed by atoms with E-state index in [-0.39, 0.29) is 6.42 Å². The maximum Gasteiger partial charge on any atom is 0.313 e. The zero-order valence-corrected chi connectivity index (χ0v) is 11.4. The van der Waals surface area contributed by atoms with Crippen molar-refractivity contribution in [1.29, 1.82) is 0 Å². The lowest BCUT2D eigenvalue weighted by Gasteiger charge is -2.05.